The van der Waals surface area contributed by atoms with Crippen LogP contribution in [0.2, 0.25) is 0 Å². The lowest BCUT2D eigenvalue weighted by Gasteiger charge is -2.21. The average Bonchev–Trinajstić information content (AvgIpc) is 2.66. The number of hydrogen-bond acceptors (Lipinski definition) is 3. The summed E-state index contributed by atoms with van der Waals surface area (Å²) in [6, 6.07) is 1.43. The summed E-state index contributed by atoms with van der Waals surface area (Å²) in [7, 11) is 0. The first kappa shape index (κ1) is 13.8. The number of aromatic nitrogens is 3. The number of carbonyl (C=O) groups excluding carboxylic acids is 1. The molecule has 0 fully saturated rings. The summed E-state index contributed by atoms with van der Waals surface area (Å²) in [6.45, 7) is 5.82. The number of pyridine rings is 1. The molecule has 1 amide bonds. The molecule has 2 aromatic rings. The van der Waals surface area contributed by atoms with E-state index in [1.807, 2.05) is 26.8 Å². The van der Waals surface area contributed by atoms with E-state index in [0.29, 0.717) is 11.5 Å². The molecule has 102 valence electrons. The van der Waals surface area contributed by atoms with Crippen LogP contribution in [0.5, 0.6) is 0 Å². The second-order valence-electron chi connectivity index (χ2n) is 4.98. The number of amides is 1. The third-order valence-electron chi connectivity index (χ3n) is 3.06. The summed E-state index contributed by atoms with van der Waals surface area (Å²) in [6.07, 6.45) is 1.75. The molecule has 19 heavy (non-hydrogen) atoms. The highest BCUT2D eigenvalue weighted by molar-refractivity contribution is 6.16. The van der Waals surface area contributed by atoms with Crippen LogP contribution in [0.25, 0.3) is 11.2 Å². The van der Waals surface area contributed by atoms with Crippen molar-refractivity contribution in [2.75, 3.05) is 0 Å². The fraction of sp³-hybridized carbons (Fsp3) is 0.462. The van der Waals surface area contributed by atoms with Gasteiger partial charge in [0.15, 0.2) is 5.65 Å². The molecule has 2 N–H and O–H groups in total. The number of carbonyl (C=O) groups is 1. The Labute approximate surface area is 116 Å². The minimum Gasteiger partial charge on any atom is -0.368 e. The van der Waals surface area contributed by atoms with Crippen LogP contribution < -0.4 is 5.73 Å². The first-order valence-electron chi connectivity index (χ1n) is 6.14. The first-order valence-corrected chi connectivity index (χ1v) is 6.68. The summed E-state index contributed by atoms with van der Waals surface area (Å²) in [5, 5.41) is 0. The molecule has 2 heterocycles. The van der Waals surface area contributed by atoms with Crippen molar-refractivity contribution >= 4 is 28.7 Å². The number of nitrogens with two attached hydrogens (primary N) is 1. The quantitative estimate of drug-likeness (QED) is 0.872. The second kappa shape index (κ2) is 5.17. The van der Waals surface area contributed by atoms with Gasteiger partial charge in [-0.15, -0.1) is 11.6 Å². The lowest BCUT2D eigenvalue weighted by atomic mass is 10.0. The van der Waals surface area contributed by atoms with Gasteiger partial charge in [-0.3, -0.25) is 9.36 Å². The Kier molecular flexibility index (Phi) is 3.75. The van der Waals surface area contributed by atoms with E-state index >= 15 is 0 Å². The molecule has 0 radical (unpaired) electrons. The molecule has 2 rings (SSSR count). The SMILES string of the molecule is Cc1cnc2c(c1)nc(CCl)n2C(C(N)=O)C(C)C. The highest BCUT2D eigenvalue weighted by Crippen LogP contribution is 2.26. The third kappa shape index (κ3) is 2.42. The highest BCUT2D eigenvalue weighted by atomic mass is 35.5. The van der Waals surface area contributed by atoms with Gasteiger partial charge < -0.3 is 5.73 Å². The van der Waals surface area contributed by atoms with Gasteiger partial charge in [-0.05, 0) is 24.5 Å². The zero-order valence-electron chi connectivity index (χ0n) is 11.2. The molecular formula is C13H17ClN4O. The Morgan fingerprint density at radius 2 is 2.21 bits per heavy atom. The topological polar surface area (TPSA) is 73.8 Å². The molecule has 1 unspecified atom stereocenters. The number of hydrogen-bond donors (Lipinski definition) is 1. The van der Waals surface area contributed by atoms with Crippen molar-refractivity contribution in [3.8, 4) is 0 Å². The molecule has 0 saturated carbocycles. The molecule has 0 aliphatic heterocycles. The van der Waals surface area contributed by atoms with E-state index in [2.05, 4.69) is 9.97 Å². The number of rotatable bonds is 4. The molecule has 0 saturated heterocycles. The Hall–Kier alpha value is -1.62. The van der Waals surface area contributed by atoms with E-state index in [4.69, 9.17) is 17.3 Å². The van der Waals surface area contributed by atoms with Gasteiger partial charge in [0.05, 0.1) is 5.88 Å². The molecule has 0 aliphatic rings. The van der Waals surface area contributed by atoms with Crippen LogP contribution in [0.15, 0.2) is 12.3 Å². The van der Waals surface area contributed by atoms with Crippen LogP contribution in [0.4, 0.5) is 0 Å². The minimum atomic E-state index is -0.492. The van der Waals surface area contributed by atoms with E-state index in [1.54, 1.807) is 10.8 Å². The van der Waals surface area contributed by atoms with Crippen molar-refractivity contribution in [1.82, 2.24) is 14.5 Å². The van der Waals surface area contributed by atoms with E-state index in [9.17, 15) is 4.79 Å². The summed E-state index contributed by atoms with van der Waals surface area (Å²) in [5.41, 5.74) is 7.92. The first-order chi connectivity index (χ1) is 8.95. The summed E-state index contributed by atoms with van der Waals surface area (Å²) in [5.74, 6) is 0.474. The molecule has 2 aromatic heterocycles. The van der Waals surface area contributed by atoms with Gasteiger partial charge in [-0.2, -0.15) is 0 Å². The summed E-state index contributed by atoms with van der Waals surface area (Å²) in [4.78, 5) is 20.5. The number of imidazole rings is 1. The number of primary amides is 1. The fourth-order valence-electron chi connectivity index (χ4n) is 2.27. The highest BCUT2D eigenvalue weighted by Gasteiger charge is 2.26. The number of fused-ring (bicyclic) bond motifs is 1. The van der Waals surface area contributed by atoms with Crippen LogP contribution >= 0.6 is 11.6 Å². The van der Waals surface area contributed by atoms with Gasteiger partial charge in [0.2, 0.25) is 5.91 Å². The lowest BCUT2D eigenvalue weighted by molar-refractivity contribution is -0.122. The maximum absolute atomic E-state index is 11.7. The second-order valence-corrected chi connectivity index (χ2v) is 5.25. The van der Waals surface area contributed by atoms with Crippen molar-refractivity contribution in [2.45, 2.75) is 32.7 Å². The van der Waals surface area contributed by atoms with Crippen LogP contribution in [-0.4, -0.2) is 20.4 Å². The smallest absolute Gasteiger partial charge is 0.240 e. The van der Waals surface area contributed by atoms with Crippen molar-refractivity contribution in [3.05, 3.63) is 23.7 Å². The van der Waals surface area contributed by atoms with Gasteiger partial charge in [-0.1, -0.05) is 13.8 Å². The Bertz CT molecular complexity index is 620. The lowest BCUT2D eigenvalue weighted by Crippen LogP contribution is -2.31. The van der Waals surface area contributed by atoms with Crippen LogP contribution in [0.1, 0.15) is 31.3 Å². The number of nitrogens with zero attached hydrogens (tertiary/aromatic N) is 3. The van der Waals surface area contributed by atoms with Gasteiger partial charge in [-0.25, -0.2) is 9.97 Å². The van der Waals surface area contributed by atoms with E-state index in [-0.39, 0.29) is 11.8 Å². The van der Waals surface area contributed by atoms with E-state index in [1.165, 1.54) is 0 Å². The predicted octanol–water partition coefficient (Wildman–Crippen LogP) is 2.16. The van der Waals surface area contributed by atoms with E-state index in [0.717, 1.165) is 11.1 Å². The van der Waals surface area contributed by atoms with Gasteiger partial charge in [0, 0.05) is 6.20 Å². The van der Waals surface area contributed by atoms with Crippen molar-refractivity contribution in [1.29, 1.82) is 0 Å². The van der Waals surface area contributed by atoms with Gasteiger partial charge in [0.1, 0.15) is 17.4 Å². The van der Waals surface area contributed by atoms with Crippen LogP contribution in [-0.2, 0) is 10.7 Å². The Morgan fingerprint density at radius 1 is 1.53 bits per heavy atom. The average molecular weight is 281 g/mol. The molecule has 1 atom stereocenters. The van der Waals surface area contributed by atoms with E-state index < -0.39 is 11.9 Å². The van der Waals surface area contributed by atoms with Crippen molar-refractivity contribution < 1.29 is 4.79 Å². The Morgan fingerprint density at radius 3 is 2.74 bits per heavy atom. The third-order valence-corrected chi connectivity index (χ3v) is 3.30. The van der Waals surface area contributed by atoms with Crippen molar-refractivity contribution in [2.24, 2.45) is 11.7 Å². The van der Waals surface area contributed by atoms with Gasteiger partial charge >= 0.3 is 0 Å². The number of aryl methyl sites for hydroxylation is 1. The van der Waals surface area contributed by atoms with Crippen molar-refractivity contribution in [3.63, 3.8) is 0 Å². The number of alkyl halides is 1. The molecule has 0 spiro atoms. The molecule has 0 aromatic carbocycles. The zero-order valence-corrected chi connectivity index (χ0v) is 12.0. The normalized spacial score (nSPS) is 13.1. The predicted molar refractivity (Wildman–Crippen MR) is 74.9 cm³/mol. The summed E-state index contributed by atoms with van der Waals surface area (Å²) < 4.78 is 1.76. The fourth-order valence-corrected chi connectivity index (χ4v) is 2.46. The minimum absolute atomic E-state index is 0.0416. The molecule has 5 nitrogen and oxygen atoms in total. The van der Waals surface area contributed by atoms with Gasteiger partial charge in [0.25, 0.3) is 0 Å². The molecule has 0 bridgehead atoms. The monoisotopic (exact) mass is 280 g/mol. The summed E-state index contributed by atoms with van der Waals surface area (Å²) >= 11 is 5.93. The van der Waals surface area contributed by atoms with Crippen LogP contribution in [0, 0.1) is 12.8 Å². The van der Waals surface area contributed by atoms with Crippen LogP contribution in [0.3, 0.4) is 0 Å². The maximum Gasteiger partial charge on any atom is 0.240 e. The number of halogens is 1. The molecular weight excluding hydrogens is 264 g/mol. The largest absolute Gasteiger partial charge is 0.368 e. The molecule has 6 heteroatoms. The molecule has 0 aliphatic carbocycles. The maximum atomic E-state index is 11.7. The zero-order chi connectivity index (χ0) is 14.2. The standard InChI is InChI=1S/C13H17ClN4O/c1-7(2)11(12(15)19)18-10(5-14)17-9-4-8(3)6-16-13(9)18/h4,6-7,11H,5H2,1-3H3,(H2,15,19). The Balaban J connectivity index is 2.72.